The van der Waals surface area contributed by atoms with E-state index in [1.54, 1.807) is 49.0 Å². The van der Waals surface area contributed by atoms with Gasteiger partial charge in [-0.2, -0.15) is 8.42 Å². The Morgan fingerprint density at radius 3 is 2.38 bits per heavy atom. The molecule has 0 bridgehead atoms. The number of aryl methyl sites for hydroxylation is 2. The number of halogens is 1. The van der Waals surface area contributed by atoms with Crippen molar-refractivity contribution < 1.29 is 17.6 Å². The van der Waals surface area contributed by atoms with Gasteiger partial charge in [0.25, 0.3) is 10.0 Å². The molecule has 198 valence electrons. The summed E-state index contributed by atoms with van der Waals surface area (Å²) >= 11 is 0. The van der Waals surface area contributed by atoms with Crippen molar-refractivity contribution in [2.75, 3.05) is 23.9 Å². The molecule has 3 aromatic rings. The fourth-order valence-electron chi connectivity index (χ4n) is 4.61. The number of hydrogen-bond acceptors (Lipinski definition) is 5. The number of rotatable bonds is 9. The van der Waals surface area contributed by atoms with E-state index >= 15 is 0 Å². The molecule has 1 aliphatic heterocycles. The monoisotopic (exact) mass is 527 g/mol. The van der Waals surface area contributed by atoms with Crippen LogP contribution in [-0.4, -0.2) is 60.5 Å². The number of carbonyl (C=O) groups excluding carboxylic acids is 1. The molecule has 1 amide bonds. The molecule has 1 N–H and O–H groups in total. The molecule has 2 heterocycles. The molecule has 4 rings (SSSR count). The SMILES string of the molecule is Cc1nc(S(=O)(=O)N(C[C@@H](C)N2CCC(NC(=O)Cc3ccc(F)cc3)CC2)c2ccccc2)cn1C. The lowest BCUT2D eigenvalue weighted by molar-refractivity contribution is -0.121. The van der Waals surface area contributed by atoms with E-state index in [-0.39, 0.29) is 41.8 Å². The van der Waals surface area contributed by atoms with Crippen molar-refractivity contribution >= 4 is 21.6 Å². The first-order valence-electron chi connectivity index (χ1n) is 12.5. The second kappa shape index (κ2) is 11.4. The van der Waals surface area contributed by atoms with Gasteiger partial charge in [0, 0.05) is 45.0 Å². The predicted molar refractivity (Wildman–Crippen MR) is 141 cm³/mol. The number of para-hydroxylation sites is 1. The number of benzene rings is 2. The lowest BCUT2D eigenvalue weighted by Gasteiger charge is -2.38. The first-order chi connectivity index (χ1) is 17.6. The van der Waals surface area contributed by atoms with Crippen LogP contribution in [0.3, 0.4) is 0 Å². The largest absolute Gasteiger partial charge is 0.353 e. The van der Waals surface area contributed by atoms with Gasteiger partial charge < -0.3 is 9.88 Å². The Bertz CT molecular complexity index is 1280. The molecule has 0 aliphatic carbocycles. The number of piperidine rings is 1. The highest BCUT2D eigenvalue weighted by Gasteiger charge is 2.32. The third-order valence-electron chi connectivity index (χ3n) is 6.91. The molecular formula is C27H34FN5O3S. The quantitative estimate of drug-likeness (QED) is 0.462. The molecular weight excluding hydrogens is 493 g/mol. The molecule has 1 saturated heterocycles. The van der Waals surface area contributed by atoms with Gasteiger partial charge in [-0.3, -0.25) is 14.0 Å². The molecule has 1 aliphatic rings. The van der Waals surface area contributed by atoms with Crippen LogP contribution in [0.5, 0.6) is 0 Å². The zero-order valence-electron chi connectivity index (χ0n) is 21.5. The Kier molecular flexibility index (Phi) is 8.29. The summed E-state index contributed by atoms with van der Waals surface area (Å²) in [7, 11) is -2.08. The molecule has 1 atom stereocenters. The molecule has 1 aromatic heterocycles. The third-order valence-corrected chi connectivity index (χ3v) is 8.58. The predicted octanol–water partition coefficient (Wildman–Crippen LogP) is 3.27. The van der Waals surface area contributed by atoms with Crippen molar-refractivity contribution in [3.05, 3.63) is 78.0 Å². The van der Waals surface area contributed by atoms with Gasteiger partial charge in [0.15, 0.2) is 5.03 Å². The van der Waals surface area contributed by atoms with Gasteiger partial charge in [-0.25, -0.2) is 9.37 Å². The van der Waals surface area contributed by atoms with Gasteiger partial charge in [0.05, 0.1) is 12.1 Å². The highest BCUT2D eigenvalue weighted by Crippen LogP contribution is 2.25. The zero-order chi connectivity index (χ0) is 26.6. The fourth-order valence-corrected chi connectivity index (χ4v) is 6.18. The Labute approximate surface area is 218 Å². The number of imidazole rings is 1. The maximum Gasteiger partial charge on any atom is 0.283 e. The highest BCUT2D eigenvalue weighted by atomic mass is 32.2. The molecule has 1 fully saturated rings. The van der Waals surface area contributed by atoms with Crippen molar-refractivity contribution in [1.29, 1.82) is 0 Å². The summed E-state index contributed by atoms with van der Waals surface area (Å²) in [6.07, 6.45) is 3.31. The molecule has 0 radical (unpaired) electrons. The van der Waals surface area contributed by atoms with Gasteiger partial charge in [-0.15, -0.1) is 0 Å². The minimum Gasteiger partial charge on any atom is -0.353 e. The smallest absolute Gasteiger partial charge is 0.283 e. The number of anilines is 1. The maximum absolute atomic E-state index is 13.6. The van der Waals surface area contributed by atoms with E-state index in [1.165, 1.54) is 16.4 Å². The van der Waals surface area contributed by atoms with Crippen LogP contribution < -0.4 is 9.62 Å². The maximum atomic E-state index is 13.6. The van der Waals surface area contributed by atoms with Crippen LogP contribution in [-0.2, 0) is 28.3 Å². The van der Waals surface area contributed by atoms with E-state index in [1.807, 2.05) is 25.1 Å². The van der Waals surface area contributed by atoms with Gasteiger partial charge in [-0.05, 0) is 56.5 Å². The van der Waals surface area contributed by atoms with Crippen LogP contribution in [0.25, 0.3) is 0 Å². The van der Waals surface area contributed by atoms with Gasteiger partial charge in [0.1, 0.15) is 11.6 Å². The second-order valence-corrected chi connectivity index (χ2v) is 11.4. The summed E-state index contributed by atoms with van der Waals surface area (Å²) in [4.78, 5) is 19.0. The lowest BCUT2D eigenvalue weighted by atomic mass is 10.0. The minimum atomic E-state index is -3.85. The standard InChI is InChI=1S/C27H34FN5O3S/c1-20(32-15-13-24(14-16-32)30-26(34)17-22-9-11-23(28)12-10-22)18-33(25-7-5-4-6-8-25)37(35,36)27-19-31(3)21(2)29-27/h4-12,19-20,24H,13-18H2,1-3H3,(H,30,34)/t20-/m1/s1. The average molecular weight is 528 g/mol. The summed E-state index contributed by atoms with van der Waals surface area (Å²) < 4.78 is 43.5. The van der Waals surface area contributed by atoms with Gasteiger partial charge >= 0.3 is 0 Å². The number of sulfonamides is 1. The van der Waals surface area contributed by atoms with Crippen LogP contribution in [0.15, 0.2) is 65.8 Å². The highest BCUT2D eigenvalue weighted by molar-refractivity contribution is 7.92. The molecule has 2 aromatic carbocycles. The van der Waals surface area contributed by atoms with Crippen molar-refractivity contribution in [2.24, 2.45) is 7.05 Å². The molecule has 0 unspecified atom stereocenters. The zero-order valence-corrected chi connectivity index (χ0v) is 22.3. The molecule has 0 spiro atoms. The van der Waals surface area contributed by atoms with E-state index in [9.17, 15) is 17.6 Å². The van der Waals surface area contributed by atoms with Crippen molar-refractivity contribution in [1.82, 2.24) is 19.8 Å². The Hall–Kier alpha value is -3.24. The second-order valence-electron chi connectivity index (χ2n) is 9.64. The molecule has 10 heteroatoms. The van der Waals surface area contributed by atoms with Gasteiger partial charge in [0.2, 0.25) is 5.91 Å². The van der Waals surface area contributed by atoms with E-state index in [4.69, 9.17) is 0 Å². The van der Waals surface area contributed by atoms with Crippen LogP contribution in [0, 0.1) is 12.7 Å². The molecule has 37 heavy (non-hydrogen) atoms. The van der Waals surface area contributed by atoms with Crippen molar-refractivity contribution in [2.45, 2.75) is 50.2 Å². The number of carbonyl (C=O) groups is 1. The minimum absolute atomic E-state index is 0.0335. The summed E-state index contributed by atoms with van der Waals surface area (Å²) in [6, 6.07) is 15.1. The number of nitrogens with zero attached hydrogens (tertiary/aromatic N) is 4. The summed E-state index contributed by atoms with van der Waals surface area (Å²) in [5, 5.41) is 3.12. The average Bonchev–Trinajstić information content (AvgIpc) is 3.23. The molecule has 0 saturated carbocycles. The normalized spacial score (nSPS) is 15.9. The van der Waals surface area contributed by atoms with Gasteiger partial charge in [-0.1, -0.05) is 30.3 Å². The van der Waals surface area contributed by atoms with E-state index in [0.29, 0.717) is 11.5 Å². The Balaban J connectivity index is 1.38. The summed E-state index contributed by atoms with van der Waals surface area (Å²) in [5.74, 6) is 0.229. The topological polar surface area (TPSA) is 87.5 Å². The number of likely N-dealkylation sites (tertiary alicyclic amines) is 1. The van der Waals surface area contributed by atoms with Crippen LogP contribution >= 0.6 is 0 Å². The fraction of sp³-hybridized carbons (Fsp3) is 0.407. The first kappa shape index (κ1) is 26.8. The number of amides is 1. The van der Waals surface area contributed by atoms with Crippen LogP contribution in [0.2, 0.25) is 0 Å². The third kappa shape index (κ3) is 6.56. The van der Waals surface area contributed by atoms with E-state index < -0.39 is 10.0 Å². The lowest BCUT2D eigenvalue weighted by Crippen LogP contribution is -2.51. The van der Waals surface area contributed by atoms with E-state index in [2.05, 4.69) is 15.2 Å². The molecule has 8 nitrogen and oxygen atoms in total. The first-order valence-corrected chi connectivity index (χ1v) is 13.9. The Morgan fingerprint density at radius 2 is 1.78 bits per heavy atom. The number of aromatic nitrogens is 2. The van der Waals surface area contributed by atoms with Crippen molar-refractivity contribution in [3.63, 3.8) is 0 Å². The number of nitrogens with one attached hydrogen (secondary N) is 1. The van der Waals surface area contributed by atoms with Crippen LogP contribution in [0.1, 0.15) is 31.2 Å². The van der Waals surface area contributed by atoms with Crippen LogP contribution in [0.4, 0.5) is 10.1 Å². The Morgan fingerprint density at radius 1 is 1.14 bits per heavy atom. The van der Waals surface area contributed by atoms with Crippen molar-refractivity contribution in [3.8, 4) is 0 Å². The summed E-state index contributed by atoms with van der Waals surface area (Å²) in [5.41, 5.74) is 1.37. The summed E-state index contributed by atoms with van der Waals surface area (Å²) in [6.45, 7) is 5.57. The van der Waals surface area contributed by atoms with E-state index in [0.717, 1.165) is 31.5 Å². The number of hydrogen-bond donors (Lipinski definition) is 1.